The summed E-state index contributed by atoms with van der Waals surface area (Å²) in [5.41, 5.74) is 2.84. The van der Waals surface area contributed by atoms with Crippen LogP contribution in [-0.4, -0.2) is 23.0 Å². The SMILES string of the molecule is COC(=O)c1ccc2c(c1)C(NS(=O)CC(C)C)CC2. The van der Waals surface area contributed by atoms with Gasteiger partial charge in [-0.25, -0.2) is 13.7 Å². The van der Waals surface area contributed by atoms with E-state index in [-0.39, 0.29) is 12.0 Å². The third-order valence-electron chi connectivity index (χ3n) is 3.40. The number of benzene rings is 1. The Labute approximate surface area is 122 Å². The topological polar surface area (TPSA) is 55.4 Å². The fourth-order valence-electron chi connectivity index (χ4n) is 2.48. The van der Waals surface area contributed by atoms with Crippen molar-refractivity contribution in [2.24, 2.45) is 5.92 Å². The van der Waals surface area contributed by atoms with Crippen molar-refractivity contribution in [2.75, 3.05) is 12.9 Å². The van der Waals surface area contributed by atoms with Gasteiger partial charge in [-0.1, -0.05) is 19.9 Å². The molecule has 1 aromatic rings. The molecule has 0 saturated heterocycles. The van der Waals surface area contributed by atoms with Crippen LogP contribution in [-0.2, 0) is 22.1 Å². The molecule has 2 atom stereocenters. The number of ether oxygens (including phenoxy) is 1. The zero-order chi connectivity index (χ0) is 14.7. The molecule has 2 unspecified atom stereocenters. The van der Waals surface area contributed by atoms with Crippen LogP contribution in [0.4, 0.5) is 0 Å². The molecule has 0 aromatic heterocycles. The van der Waals surface area contributed by atoms with E-state index < -0.39 is 11.0 Å². The number of esters is 1. The number of methoxy groups -OCH3 is 1. The van der Waals surface area contributed by atoms with Crippen molar-refractivity contribution < 1.29 is 13.7 Å². The Morgan fingerprint density at radius 2 is 2.25 bits per heavy atom. The zero-order valence-corrected chi connectivity index (χ0v) is 13.0. The van der Waals surface area contributed by atoms with Crippen LogP contribution in [0.5, 0.6) is 0 Å². The number of carbonyl (C=O) groups is 1. The molecule has 1 aromatic carbocycles. The summed E-state index contributed by atoms with van der Waals surface area (Å²) in [4.78, 5) is 11.6. The molecule has 1 aliphatic carbocycles. The first-order valence-electron chi connectivity index (χ1n) is 6.87. The number of fused-ring (bicyclic) bond motifs is 1. The van der Waals surface area contributed by atoms with Crippen molar-refractivity contribution in [1.29, 1.82) is 0 Å². The fourth-order valence-corrected chi connectivity index (χ4v) is 3.74. The highest BCUT2D eigenvalue weighted by Crippen LogP contribution is 2.32. The molecule has 2 rings (SSSR count). The molecular formula is C15H21NO3S. The minimum atomic E-state index is -1.03. The van der Waals surface area contributed by atoms with Crippen molar-refractivity contribution in [3.8, 4) is 0 Å². The average molecular weight is 295 g/mol. The highest BCUT2D eigenvalue weighted by Gasteiger charge is 2.25. The van der Waals surface area contributed by atoms with Crippen LogP contribution in [0, 0.1) is 5.92 Å². The number of hydrogen-bond acceptors (Lipinski definition) is 3. The quantitative estimate of drug-likeness (QED) is 0.849. The summed E-state index contributed by atoms with van der Waals surface area (Å²) in [6.07, 6.45) is 1.87. The summed E-state index contributed by atoms with van der Waals surface area (Å²) in [5, 5.41) is 0. The molecular weight excluding hydrogens is 274 g/mol. The molecule has 4 nitrogen and oxygen atoms in total. The molecule has 5 heteroatoms. The zero-order valence-electron chi connectivity index (χ0n) is 12.1. The van der Waals surface area contributed by atoms with Gasteiger partial charge in [0.15, 0.2) is 0 Å². The number of nitrogens with one attached hydrogen (secondary N) is 1. The van der Waals surface area contributed by atoms with Crippen LogP contribution in [0.25, 0.3) is 0 Å². The van der Waals surface area contributed by atoms with Gasteiger partial charge in [-0.05, 0) is 42.0 Å². The Morgan fingerprint density at radius 3 is 2.90 bits per heavy atom. The minimum Gasteiger partial charge on any atom is -0.465 e. The van der Waals surface area contributed by atoms with Gasteiger partial charge in [0.05, 0.1) is 23.7 Å². The summed E-state index contributed by atoms with van der Waals surface area (Å²) in [7, 11) is 0.345. The van der Waals surface area contributed by atoms with E-state index in [1.807, 2.05) is 12.1 Å². The smallest absolute Gasteiger partial charge is 0.337 e. The molecule has 0 bridgehead atoms. The van der Waals surface area contributed by atoms with Gasteiger partial charge in [-0.2, -0.15) is 0 Å². The number of carbonyl (C=O) groups excluding carboxylic acids is 1. The maximum Gasteiger partial charge on any atom is 0.337 e. The average Bonchev–Trinajstić information content (AvgIpc) is 2.79. The molecule has 1 N–H and O–H groups in total. The van der Waals surface area contributed by atoms with Crippen molar-refractivity contribution in [2.45, 2.75) is 32.7 Å². The van der Waals surface area contributed by atoms with E-state index in [1.165, 1.54) is 12.7 Å². The molecule has 0 radical (unpaired) electrons. The number of aryl methyl sites for hydroxylation is 1. The normalized spacial score (nSPS) is 18.9. The van der Waals surface area contributed by atoms with Crippen LogP contribution in [0.1, 0.15) is 47.8 Å². The van der Waals surface area contributed by atoms with Crippen molar-refractivity contribution in [3.63, 3.8) is 0 Å². The molecule has 0 spiro atoms. The predicted molar refractivity (Wildman–Crippen MR) is 79.8 cm³/mol. The van der Waals surface area contributed by atoms with E-state index >= 15 is 0 Å². The maximum absolute atomic E-state index is 12.0. The van der Waals surface area contributed by atoms with Crippen LogP contribution >= 0.6 is 0 Å². The molecule has 0 saturated carbocycles. The third-order valence-corrected chi connectivity index (χ3v) is 4.92. The van der Waals surface area contributed by atoms with E-state index in [1.54, 1.807) is 6.07 Å². The van der Waals surface area contributed by atoms with Gasteiger partial charge >= 0.3 is 5.97 Å². The van der Waals surface area contributed by atoms with Gasteiger partial charge < -0.3 is 4.74 Å². The molecule has 0 aliphatic heterocycles. The van der Waals surface area contributed by atoms with E-state index in [0.29, 0.717) is 17.2 Å². The van der Waals surface area contributed by atoms with E-state index in [2.05, 4.69) is 18.6 Å². The van der Waals surface area contributed by atoms with E-state index in [4.69, 9.17) is 4.74 Å². The second kappa shape index (κ2) is 6.50. The Hall–Kier alpha value is -1.20. The van der Waals surface area contributed by atoms with E-state index in [9.17, 15) is 9.00 Å². The number of hydrogen-bond donors (Lipinski definition) is 1. The lowest BCUT2D eigenvalue weighted by molar-refractivity contribution is 0.0600. The summed E-state index contributed by atoms with van der Waals surface area (Å²) in [6.45, 7) is 4.11. The van der Waals surface area contributed by atoms with Crippen molar-refractivity contribution in [3.05, 3.63) is 34.9 Å². The van der Waals surface area contributed by atoms with Crippen LogP contribution in [0.3, 0.4) is 0 Å². The van der Waals surface area contributed by atoms with Gasteiger partial charge in [-0.3, -0.25) is 0 Å². The summed E-state index contributed by atoms with van der Waals surface area (Å²) < 4.78 is 19.9. The van der Waals surface area contributed by atoms with E-state index in [0.717, 1.165) is 18.4 Å². The van der Waals surface area contributed by atoms with Gasteiger partial charge in [0.1, 0.15) is 0 Å². The maximum atomic E-state index is 12.0. The first kappa shape index (κ1) is 15.2. The molecule has 0 fully saturated rings. The van der Waals surface area contributed by atoms with Gasteiger partial charge in [0.25, 0.3) is 0 Å². The van der Waals surface area contributed by atoms with Crippen LogP contribution in [0.15, 0.2) is 18.2 Å². The second-order valence-corrected chi connectivity index (χ2v) is 6.78. The minimum absolute atomic E-state index is 0.0641. The number of rotatable bonds is 5. The van der Waals surface area contributed by atoms with Crippen LogP contribution < -0.4 is 4.72 Å². The molecule has 1 aliphatic rings. The largest absolute Gasteiger partial charge is 0.465 e. The lowest BCUT2D eigenvalue weighted by atomic mass is 10.0. The molecule has 110 valence electrons. The molecule has 0 heterocycles. The predicted octanol–water partition coefficient (Wildman–Crippen LogP) is 2.37. The first-order chi connectivity index (χ1) is 9.51. The third kappa shape index (κ3) is 3.46. The highest BCUT2D eigenvalue weighted by atomic mass is 32.2. The molecule has 0 amide bonds. The summed E-state index contributed by atoms with van der Waals surface area (Å²) in [6, 6.07) is 5.68. The van der Waals surface area contributed by atoms with Crippen molar-refractivity contribution >= 4 is 17.0 Å². The summed E-state index contributed by atoms with van der Waals surface area (Å²) in [5.74, 6) is 0.704. The lowest BCUT2D eigenvalue weighted by Gasteiger charge is -2.15. The Kier molecular flexibility index (Phi) is 4.94. The Morgan fingerprint density at radius 1 is 1.50 bits per heavy atom. The monoisotopic (exact) mass is 295 g/mol. The van der Waals surface area contributed by atoms with Gasteiger partial charge in [0.2, 0.25) is 0 Å². The Balaban J connectivity index is 2.14. The fraction of sp³-hybridized carbons (Fsp3) is 0.533. The van der Waals surface area contributed by atoms with Crippen LogP contribution in [0.2, 0.25) is 0 Å². The van der Waals surface area contributed by atoms with Gasteiger partial charge in [-0.15, -0.1) is 0 Å². The lowest BCUT2D eigenvalue weighted by Crippen LogP contribution is -2.25. The van der Waals surface area contributed by atoms with Gasteiger partial charge in [0, 0.05) is 11.8 Å². The highest BCUT2D eigenvalue weighted by molar-refractivity contribution is 7.83. The first-order valence-corrected chi connectivity index (χ1v) is 8.19. The standard InChI is InChI=1S/C15H21NO3S/c1-10(2)9-20(18)16-14-7-6-11-4-5-12(8-13(11)14)15(17)19-3/h4-5,8,10,14,16H,6-7,9H2,1-3H3. The molecule has 20 heavy (non-hydrogen) atoms. The second-order valence-electron chi connectivity index (χ2n) is 5.52. The summed E-state index contributed by atoms with van der Waals surface area (Å²) >= 11 is 0. The van der Waals surface area contributed by atoms with Crippen molar-refractivity contribution in [1.82, 2.24) is 4.72 Å². The Bertz CT molecular complexity index is 528.